The van der Waals surface area contributed by atoms with E-state index in [2.05, 4.69) is 21.2 Å². The summed E-state index contributed by atoms with van der Waals surface area (Å²) >= 11 is 3.14. The van der Waals surface area contributed by atoms with Crippen LogP contribution < -0.4 is 5.32 Å². The molecule has 0 heterocycles. The van der Waals surface area contributed by atoms with Crippen LogP contribution in [0.1, 0.15) is 32.1 Å². The van der Waals surface area contributed by atoms with Gasteiger partial charge in [-0.05, 0) is 77.8 Å². The maximum absolute atomic E-state index is 13.9. The van der Waals surface area contributed by atoms with Crippen LogP contribution in [0.15, 0.2) is 16.6 Å². The molecule has 4 aliphatic carbocycles. The Morgan fingerprint density at radius 2 is 1.50 bits per heavy atom. The molecular formula is C16H18BrF2N. The number of anilines is 1. The van der Waals surface area contributed by atoms with E-state index in [1.165, 1.54) is 38.2 Å². The van der Waals surface area contributed by atoms with E-state index in [9.17, 15) is 8.78 Å². The van der Waals surface area contributed by atoms with Crippen molar-refractivity contribution in [3.63, 3.8) is 0 Å². The van der Waals surface area contributed by atoms with Crippen molar-refractivity contribution in [3.05, 3.63) is 28.2 Å². The second kappa shape index (κ2) is 4.69. The highest BCUT2D eigenvalue weighted by atomic mass is 79.9. The Morgan fingerprint density at radius 3 is 2.10 bits per heavy atom. The summed E-state index contributed by atoms with van der Waals surface area (Å²) in [5.74, 6) is 2.13. The van der Waals surface area contributed by atoms with E-state index in [1.807, 2.05) is 0 Å². The first-order valence-corrected chi connectivity index (χ1v) is 8.30. The van der Waals surface area contributed by atoms with Gasteiger partial charge in [0.25, 0.3) is 0 Å². The van der Waals surface area contributed by atoms with Crippen LogP contribution >= 0.6 is 15.9 Å². The van der Waals surface area contributed by atoms with E-state index >= 15 is 0 Å². The summed E-state index contributed by atoms with van der Waals surface area (Å²) in [6.07, 6.45) is 6.56. The zero-order valence-electron chi connectivity index (χ0n) is 11.2. The number of benzene rings is 1. The number of hydrogen-bond acceptors (Lipinski definition) is 1. The number of nitrogens with one attached hydrogen (secondary N) is 1. The Kier molecular flexibility index (Phi) is 3.06. The van der Waals surface area contributed by atoms with E-state index in [1.54, 1.807) is 0 Å². The maximum atomic E-state index is 13.9. The normalized spacial score (nSPS) is 38.2. The Bertz CT molecular complexity index is 518. The zero-order valence-corrected chi connectivity index (χ0v) is 12.8. The van der Waals surface area contributed by atoms with Crippen molar-refractivity contribution in [2.45, 2.75) is 38.1 Å². The van der Waals surface area contributed by atoms with Crippen molar-refractivity contribution >= 4 is 21.6 Å². The first-order chi connectivity index (χ1) is 9.60. The van der Waals surface area contributed by atoms with Crippen molar-refractivity contribution in [2.24, 2.45) is 23.7 Å². The van der Waals surface area contributed by atoms with Gasteiger partial charge in [-0.25, -0.2) is 8.78 Å². The van der Waals surface area contributed by atoms with Gasteiger partial charge in [-0.3, -0.25) is 0 Å². The Balaban J connectivity index is 1.59. The molecule has 108 valence electrons. The predicted molar refractivity (Wildman–Crippen MR) is 78.5 cm³/mol. The Labute approximate surface area is 126 Å². The Morgan fingerprint density at radius 1 is 0.900 bits per heavy atom. The van der Waals surface area contributed by atoms with Gasteiger partial charge in [0.05, 0.1) is 10.2 Å². The van der Waals surface area contributed by atoms with Crippen LogP contribution in [0.5, 0.6) is 0 Å². The minimum absolute atomic E-state index is 0.324. The van der Waals surface area contributed by atoms with Crippen LogP contribution in [0.3, 0.4) is 0 Å². The van der Waals surface area contributed by atoms with E-state index in [0.717, 1.165) is 17.9 Å². The molecule has 0 unspecified atom stereocenters. The smallest absolute Gasteiger partial charge is 0.149 e. The molecule has 0 aliphatic heterocycles. The third-order valence-electron chi connectivity index (χ3n) is 5.56. The molecule has 1 N–H and O–H groups in total. The molecule has 0 aromatic heterocycles. The molecule has 20 heavy (non-hydrogen) atoms. The quantitative estimate of drug-likeness (QED) is 0.749. The third kappa shape index (κ3) is 2.07. The van der Waals surface area contributed by atoms with Gasteiger partial charge in [-0.2, -0.15) is 0 Å². The standard InChI is InChI=1S/C16H18BrF2N/c17-12-6-15(14(19)7-13(12)18)20-16-10-2-8-1-9(4-10)5-11(16)3-8/h6-11,16,20H,1-5H2. The lowest BCUT2D eigenvalue weighted by Crippen LogP contribution is -2.51. The summed E-state index contributed by atoms with van der Waals surface area (Å²) in [5.41, 5.74) is 0.441. The van der Waals surface area contributed by atoms with Gasteiger partial charge < -0.3 is 5.32 Å². The molecule has 4 saturated carbocycles. The van der Waals surface area contributed by atoms with Gasteiger partial charge in [-0.1, -0.05) is 0 Å². The van der Waals surface area contributed by atoms with Crippen LogP contribution in [-0.4, -0.2) is 6.04 Å². The highest BCUT2D eigenvalue weighted by Crippen LogP contribution is 2.54. The molecule has 0 spiro atoms. The fraction of sp³-hybridized carbons (Fsp3) is 0.625. The number of rotatable bonds is 2. The van der Waals surface area contributed by atoms with Gasteiger partial charge >= 0.3 is 0 Å². The molecule has 1 aromatic rings. The van der Waals surface area contributed by atoms with Crippen molar-refractivity contribution < 1.29 is 8.78 Å². The van der Waals surface area contributed by atoms with Gasteiger partial charge in [0, 0.05) is 12.1 Å². The molecule has 0 radical (unpaired) electrons. The topological polar surface area (TPSA) is 12.0 Å². The molecule has 0 atom stereocenters. The van der Waals surface area contributed by atoms with E-state index in [0.29, 0.717) is 28.0 Å². The summed E-state index contributed by atoms with van der Waals surface area (Å²) < 4.78 is 27.6. The van der Waals surface area contributed by atoms with E-state index in [4.69, 9.17) is 0 Å². The summed E-state index contributed by atoms with van der Waals surface area (Å²) in [6.45, 7) is 0. The fourth-order valence-electron chi connectivity index (χ4n) is 4.97. The van der Waals surface area contributed by atoms with Crippen molar-refractivity contribution in [1.82, 2.24) is 0 Å². The highest BCUT2D eigenvalue weighted by Gasteiger charge is 2.48. The van der Waals surface area contributed by atoms with Crippen molar-refractivity contribution in [2.75, 3.05) is 5.32 Å². The summed E-state index contributed by atoms with van der Waals surface area (Å²) in [6, 6.07) is 2.87. The highest BCUT2D eigenvalue weighted by molar-refractivity contribution is 9.10. The monoisotopic (exact) mass is 341 g/mol. The summed E-state index contributed by atoms with van der Waals surface area (Å²) in [5, 5.41) is 3.39. The van der Waals surface area contributed by atoms with Crippen LogP contribution in [0, 0.1) is 35.3 Å². The lowest BCUT2D eigenvalue weighted by Gasteiger charge is -2.54. The van der Waals surface area contributed by atoms with E-state index in [-0.39, 0.29) is 0 Å². The molecule has 0 amide bonds. The molecule has 5 rings (SSSR count). The van der Waals surface area contributed by atoms with Gasteiger partial charge in [-0.15, -0.1) is 0 Å². The first kappa shape index (κ1) is 13.1. The number of hydrogen-bond donors (Lipinski definition) is 1. The molecular weight excluding hydrogens is 324 g/mol. The van der Waals surface area contributed by atoms with Crippen molar-refractivity contribution in [1.29, 1.82) is 0 Å². The first-order valence-electron chi connectivity index (χ1n) is 7.51. The molecule has 1 nitrogen and oxygen atoms in total. The fourth-order valence-corrected chi connectivity index (χ4v) is 5.32. The SMILES string of the molecule is Fc1cc(F)c(NC2C3CC4CC(C3)CC2C4)cc1Br. The average Bonchev–Trinajstić information content (AvgIpc) is 2.38. The molecule has 4 heteroatoms. The van der Waals surface area contributed by atoms with Gasteiger partial charge in [0.2, 0.25) is 0 Å². The lowest BCUT2D eigenvalue weighted by atomic mass is 9.54. The van der Waals surface area contributed by atoms with Crippen LogP contribution in [0.4, 0.5) is 14.5 Å². The largest absolute Gasteiger partial charge is 0.379 e. The minimum atomic E-state index is -0.543. The van der Waals surface area contributed by atoms with E-state index < -0.39 is 11.6 Å². The zero-order chi connectivity index (χ0) is 13.9. The maximum Gasteiger partial charge on any atom is 0.149 e. The lowest BCUT2D eigenvalue weighted by molar-refractivity contribution is 0.00744. The predicted octanol–water partition coefficient (Wildman–Crippen LogP) is 4.96. The van der Waals surface area contributed by atoms with Crippen LogP contribution in [0.2, 0.25) is 0 Å². The number of halogens is 3. The Hall–Kier alpha value is -0.640. The molecule has 4 fully saturated rings. The van der Waals surface area contributed by atoms with Crippen LogP contribution in [0.25, 0.3) is 0 Å². The molecule has 4 aliphatic rings. The summed E-state index contributed by atoms with van der Waals surface area (Å²) in [7, 11) is 0. The molecule has 0 saturated heterocycles. The third-order valence-corrected chi connectivity index (χ3v) is 6.17. The molecule has 1 aromatic carbocycles. The second-order valence-corrected chi connectivity index (χ2v) is 7.70. The second-order valence-electron chi connectivity index (χ2n) is 6.85. The van der Waals surface area contributed by atoms with Crippen molar-refractivity contribution in [3.8, 4) is 0 Å². The average molecular weight is 342 g/mol. The van der Waals surface area contributed by atoms with Gasteiger partial charge in [0.1, 0.15) is 11.6 Å². The van der Waals surface area contributed by atoms with Gasteiger partial charge in [0.15, 0.2) is 0 Å². The minimum Gasteiger partial charge on any atom is -0.379 e. The van der Waals surface area contributed by atoms with Crippen LogP contribution in [-0.2, 0) is 0 Å². The molecule has 4 bridgehead atoms. The summed E-state index contributed by atoms with van der Waals surface area (Å²) in [4.78, 5) is 0.